The Balaban J connectivity index is 1.57. The number of halogens is 2. The summed E-state index contributed by atoms with van der Waals surface area (Å²) in [6, 6.07) is 8.58. The molecule has 2 aromatic carbocycles. The van der Waals surface area contributed by atoms with Crippen LogP contribution in [0.5, 0.6) is 5.75 Å². The van der Waals surface area contributed by atoms with Crippen LogP contribution in [0.25, 0.3) is 0 Å². The molecule has 0 unspecified atom stereocenters. The number of nitrogens with zero attached hydrogens (tertiary/aromatic N) is 1. The summed E-state index contributed by atoms with van der Waals surface area (Å²) in [6.45, 7) is 5.44. The quantitative estimate of drug-likeness (QED) is 0.303. The Labute approximate surface area is 195 Å². The van der Waals surface area contributed by atoms with Gasteiger partial charge in [-0.25, -0.2) is 14.6 Å². The molecule has 3 aromatic rings. The van der Waals surface area contributed by atoms with Gasteiger partial charge >= 0.3 is 5.97 Å². The number of benzene rings is 2. The standard InChI is InChI=1S/C25H22ClFN2O4/c1-13-11-18(12-14(2)22(13)26)32-25(31)23-15(3)21-19(5-4-6-20(21)33-23)28-29-24(30)16-7-9-17(27)10-8-16/h7-12H,4-6H2,1-3H3,(H,29,30)/b28-19+. The Kier molecular flexibility index (Phi) is 6.33. The number of hydrazone groups is 1. The number of aryl methyl sites for hydroxylation is 3. The molecule has 1 aromatic heterocycles. The Morgan fingerprint density at radius 2 is 1.76 bits per heavy atom. The van der Waals surface area contributed by atoms with E-state index in [0.29, 0.717) is 51.8 Å². The van der Waals surface area contributed by atoms with Crippen LogP contribution < -0.4 is 10.2 Å². The van der Waals surface area contributed by atoms with Crippen LogP contribution in [0.2, 0.25) is 5.02 Å². The van der Waals surface area contributed by atoms with Gasteiger partial charge in [-0.1, -0.05) is 11.6 Å². The van der Waals surface area contributed by atoms with Gasteiger partial charge in [0, 0.05) is 28.1 Å². The van der Waals surface area contributed by atoms with Gasteiger partial charge in [-0.05, 0) is 81.1 Å². The molecule has 1 heterocycles. The van der Waals surface area contributed by atoms with Crippen LogP contribution in [0, 0.1) is 26.6 Å². The first kappa shape index (κ1) is 22.7. The third-order valence-corrected chi connectivity index (χ3v) is 6.13. The molecule has 8 heteroatoms. The number of hydrogen-bond donors (Lipinski definition) is 1. The molecule has 1 amide bonds. The summed E-state index contributed by atoms with van der Waals surface area (Å²) < 4.78 is 24.5. The third kappa shape index (κ3) is 4.68. The molecule has 0 radical (unpaired) electrons. The highest BCUT2D eigenvalue weighted by Gasteiger charge is 2.29. The zero-order chi connectivity index (χ0) is 23.7. The van der Waals surface area contributed by atoms with Crippen LogP contribution in [0.3, 0.4) is 0 Å². The molecule has 0 atom stereocenters. The van der Waals surface area contributed by atoms with E-state index in [1.54, 1.807) is 19.1 Å². The van der Waals surface area contributed by atoms with Crippen LogP contribution in [0.4, 0.5) is 4.39 Å². The highest BCUT2D eigenvalue weighted by atomic mass is 35.5. The van der Waals surface area contributed by atoms with Gasteiger partial charge < -0.3 is 9.15 Å². The number of esters is 1. The second kappa shape index (κ2) is 9.19. The Morgan fingerprint density at radius 3 is 2.42 bits per heavy atom. The largest absolute Gasteiger partial charge is 0.453 e. The van der Waals surface area contributed by atoms with Crippen LogP contribution >= 0.6 is 11.6 Å². The molecular formula is C25H22ClFN2O4. The number of rotatable bonds is 4. The first-order valence-electron chi connectivity index (χ1n) is 10.5. The van der Waals surface area contributed by atoms with Crippen molar-refractivity contribution in [3.05, 3.63) is 86.6 Å². The molecule has 6 nitrogen and oxygen atoms in total. The van der Waals surface area contributed by atoms with Gasteiger partial charge in [0.05, 0.1) is 5.71 Å². The van der Waals surface area contributed by atoms with Crippen molar-refractivity contribution < 1.29 is 23.1 Å². The van der Waals surface area contributed by atoms with Crippen molar-refractivity contribution in [3.63, 3.8) is 0 Å². The van der Waals surface area contributed by atoms with Crippen LogP contribution in [-0.2, 0) is 6.42 Å². The van der Waals surface area contributed by atoms with Crippen LogP contribution in [0.15, 0.2) is 45.9 Å². The summed E-state index contributed by atoms with van der Waals surface area (Å²) in [5, 5.41) is 4.90. The summed E-state index contributed by atoms with van der Waals surface area (Å²) in [5.41, 5.74) is 6.34. The molecule has 4 rings (SSSR count). The lowest BCUT2D eigenvalue weighted by Crippen LogP contribution is -2.22. The van der Waals surface area contributed by atoms with Crippen molar-refractivity contribution in [2.45, 2.75) is 40.0 Å². The number of furan rings is 1. The summed E-state index contributed by atoms with van der Waals surface area (Å²) in [5.74, 6) is -0.379. The van der Waals surface area contributed by atoms with Crippen molar-refractivity contribution in [3.8, 4) is 5.75 Å². The van der Waals surface area contributed by atoms with Crippen molar-refractivity contribution in [1.29, 1.82) is 0 Å². The molecule has 0 fully saturated rings. The molecule has 0 saturated heterocycles. The Morgan fingerprint density at radius 1 is 1.09 bits per heavy atom. The normalized spacial score (nSPS) is 14.2. The van der Waals surface area contributed by atoms with E-state index in [4.69, 9.17) is 20.8 Å². The Hall–Kier alpha value is -3.45. The minimum atomic E-state index is -0.613. The van der Waals surface area contributed by atoms with E-state index in [1.807, 2.05) is 13.8 Å². The second-order valence-electron chi connectivity index (χ2n) is 7.97. The van der Waals surface area contributed by atoms with Crippen molar-refractivity contribution in [2.75, 3.05) is 0 Å². The maximum Gasteiger partial charge on any atom is 0.379 e. The minimum Gasteiger partial charge on any atom is -0.453 e. The lowest BCUT2D eigenvalue weighted by Gasteiger charge is -2.13. The molecule has 0 aliphatic heterocycles. The molecule has 170 valence electrons. The summed E-state index contributed by atoms with van der Waals surface area (Å²) in [7, 11) is 0. The van der Waals surface area contributed by atoms with Gasteiger partial charge in [0.25, 0.3) is 5.91 Å². The average molecular weight is 469 g/mol. The minimum absolute atomic E-state index is 0.102. The molecular weight excluding hydrogens is 447 g/mol. The molecule has 0 spiro atoms. The third-order valence-electron chi connectivity index (χ3n) is 5.53. The predicted molar refractivity (Wildman–Crippen MR) is 123 cm³/mol. The lowest BCUT2D eigenvalue weighted by atomic mass is 9.93. The van der Waals surface area contributed by atoms with E-state index in [9.17, 15) is 14.0 Å². The van der Waals surface area contributed by atoms with Gasteiger partial charge in [0.1, 0.15) is 17.3 Å². The molecule has 0 saturated carbocycles. The average Bonchev–Trinajstić information content (AvgIpc) is 3.13. The molecule has 1 N–H and O–H groups in total. The second-order valence-corrected chi connectivity index (χ2v) is 8.35. The number of carbonyl (C=O) groups is 2. The van der Waals surface area contributed by atoms with Gasteiger partial charge in [-0.3, -0.25) is 4.79 Å². The maximum absolute atomic E-state index is 13.1. The highest BCUT2D eigenvalue weighted by Crippen LogP contribution is 2.31. The zero-order valence-electron chi connectivity index (χ0n) is 18.4. The van der Waals surface area contributed by atoms with E-state index in [0.717, 1.165) is 17.5 Å². The number of hydrogen-bond acceptors (Lipinski definition) is 5. The van der Waals surface area contributed by atoms with Crippen LogP contribution in [-0.4, -0.2) is 17.6 Å². The first-order valence-corrected chi connectivity index (χ1v) is 10.9. The fourth-order valence-electron chi connectivity index (χ4n) is 3.88. The number of fused-ring (bicyclic) bond motifs is 1. The SMILES string of the molecule is Cc1cc(OC(=O)c2oc3c(c2C)/C(=N/NC(=O)c2ccc(F)cc2)CCC3)cc(C)c1Cl. The fourth-order valence-corrected chi connectivity index (χ4v) is 3.99. The maximum atomic E-state index is 13.1. The molecule has 33 heavy (non-hydrogen) atoms. The van der Waals surface area contributed by atoms with Gasteiger partial charge in [-0.15, -0.1) is 0 Å². The van der Waals surface area contributed by atoms with Gasteiger partial charge in [0.2, 0.25) is 5.76 Å². The van der Waals surface area contributed by atoms with Crippen molar-refractivity contribution in [2.24, 2.45) is 5.10 Å². The van der Waals surface area contributed by atoms with E-state index in [1.165, 1.54) is 24.3 Å². The van der Waals surface area contributed by atoms with Crippen LogP contribution in [0.1, 0.15) is 61.8 Å². The fraction of sp³-hybridized carbons (Fsp3) is 0.240. The smallest absolute Gasteiger partial charge is 0.379 e. The van der Waals surface area contributed by atoms with Crippen molar-refractivity contribution in [1.82, 2.24) is 5.43 Å². The predicted octanol–water partition coefficient (Wildman–Crippen LogP) is 5.69. The monoisotopic (exact) mass is 468 g/mol. The van der Waals surface area contributed by atoms with E-state index < -0.39 is 17.7 Å². The van der Waals surface area contributed by atoms with E-state index in [-0.39, 0.29) is 5.76 Å². The molecule has 1 aliphatic rings. The molecule has 1 aliphatic carbocycles. The zero-order valence-corrected chi connectivity index (χ0v) is 19.2. The number of amides is 1. The van der Waals surface area contributed by atoms with Crippen molar-refractivity contribution >= 4 is 29.2 Å². The number of carbonyl (C=O) groups excluding carboxylic acids is 2. The highest BCUT2D eigenvalue weighted by molar-refractivity contribution is 6.32. The lowest BCUT2D eigenvalue weighted by molar-refractivity contribution is 0.0698. The Bertz CT molecular complexity index is 1260. The summed E-state index contributed by atoms with van der Waals surface area (Å²) in [6.07, 6.45) is 2.02. The topological polar surface area (TPSA) is 80.9 Å². The number of ether oxygens (including phenoxy) is 1. The summed E-state index contributed by atoms with van der Waals surface area (Å²) >= 11 is 6.19. The molecule has 0 bridgehead atoms. The summed E-state index contributed by atoms with van der Waals surface area (Å²) in [4.78, 5) is 25.2. The number of nitrogens with one attached hydrogen (secondary N) is 1. The van der Waals surface area contributed by atoms with Gasteiger partial charge in [0.15, 0.2) is 0 Å². The van der Waals surface area contributed by atoms with E-state index in [2.05, 4.69) is 10.5 Å². The van der Waals surface area contributed by atoms with E-state index >= 15 is 0 Å². The van der Waals surface area contributed by atoms with Gasteiger partial charge in [-0.2, -0.15) is 5.10 Å². The first-order chi connectivity index (χ1) is 15.7.